The standard InChI is InChI=1S/C25H36O8.C25H34O7.2CH4/c1-15-12-16(2)22(24(28)29)18(13-15)8-7-9-21-23(33-25(4,5)32-21)19(27)10-11-20(17(3)26)31-14-30-6;1-15-12-16(2)22-18(13-15)8-7-9-21-23(32-25(4,5)31-21)19(26)10-11-20(29-14-28-6)17(3)30-24(22)27;;/h7-8,10-13,17,19-21,23,26-27H,9,14H2,1-6H3,(H,28,29);7-8,10-13,17,19-21,23,26H,9,14H2,1-6H3;2*1H4/b2*8-7+,11-10-;;/t2*17-,19?,20+,21-,23+;;/m00../s1/i;;2*1T. The zero-order valence-corrected chi connectivity index (χ0v) is 41.8. The van der Waals surface area contributed by atoms with Crippen LogP contribution in [0, 0.1) is 27.7 Å². The lowest BCUT2D eigenvalue weighted by Gasteiger charge is -2.24. The Morgan fingerprint density at radius 3 is 2.19 bits per heavy atom. The number of carbonyl (C=O) groups excluding carboxylic acids is 1. The summed E-state index contributed by atoms with van der Waals surface area (Å²) in [6, 6.07) is 7.59. The molecule has 0 saturated carbocycles. The molecule has 4 N–H and O–H groups in total. The number of aryl methyl sites for hydroxylation is 4. The maximum atomic E-state index is 13.1. The van der Waals surface area contributed by atoms with Gasteiger partial charge >= 0.3 is 11.9 Å². The van der Waals surface area contributed by atoms with Crippen molar-refractivity contribution in [3.63, 3.8) is 0 Å². The van der Waals surface area contributed by atoms with Gasteiger partial charge in [0.2, 0.25) is 0 Å². The smallest absolute Gasteiger partial charge is 0.339 e. The number of methoxy groups -OCH3 is 2. The molecular formula is C52H78O15. The van der Waals surface area contributed by atoms with Gasteiger partial charge < -0.3 is 63.1 Å². The third-order valence-corrected chi connectivity index (χ3v) is 10.9. The van der Waals surface area contributed by atoms with Crippen molar-refractivity contribution in [2.45, 2.75) is 169 Å². The predicted octanol–water partition coefficient (Wildman–Crippen LogP) is 8.18. The Morgan fingerprint density at radius 2 is 1.55 bits per heavy atom. The SMILES string of the molecule is COCO[C@@H]1/C=C\C(O)[C@H]2OC(C)(C)O[C@H]2C/C=C/c2cc(C)cc(C)c2C(=O)O[C@H]1C.COCO[C@H](/C=C\C(O)[C@H]1OC(C)(C)O[C@H]1C/C=C/c1cc(C)cc(C)c1C(=O)O)[C@H](C)O.[3H]C.[3H]C. The predicted molar refractivity (Wildman–Crippen MR) is 258 cm³/mol. The van der Waals surface area contributed by atoms with Gasteiger partial charge in [0.25, 0.3) is 0 Å². The summed E-state index contributed by atoms with van der Waals surface area (Å²) in [6.07, 6.45) is 8.14. The fourth-order valence-electron chi connectivity index (χ4n) is 8.12. The average molecular weight is 947 g/mol. The van der Waals surface area contributed by atoms with E-state index < -0.39 is 78.4 Å². The van der Waals surface area contributed by atoms with Gasteiger partial charge in [-0.2, -0.15) is 0 Å². The molecule has 2 aromatic carbocycles. The van der Waals surface area contributed by atoms with Crippen molar-refractivity contribution in [1.82, 2.24) is 0 Å². The first-order chi connectivity index (χ1) is 32.6. The summed E-state index contributed by atoms with van der Waals surface area (Å²) in [5, 5.41) is 41.0. The average Bonchev–Trinajstić information content (AvgIpc) is 3.76. The zero-order chi connectivity index (χ0) is 52.2. The number of carbonyl (C=O) groups is 2. The van der Waals surface area contributed by atoms with E-state index >= 15 is 0 Å². The normalized spacial score (nSPS) is 27.1. The Hall–Kier alpha value is -4.10. The minimum Gasteiger partial charge on any atom is -0.478 e. The number of cyclic esters (lactones) is 1. The Bertz CT molecular complexity index is 2030. The molecule has 0 spiro atoms. The number of esters is 1. The van der Waals surface area contributed by atoms with E-state index in [0.717, 1.165) is 22.3 Å². The van der Waals surface area contributed by atoms with Gasteiger partial charge in [0.1, 0.15) is 56.3 Å². The minimum absolute atomic E-state index is 0.0102. The lowest BCUT2D eigenvalue weighted by atomic mass is 9.97. The van der Waals surface area contributed by atoms with E-state index in [1.807, 2.05) is 77.1 Å². The van der Waals surface area contributed by atoms with Gasteiger partial charge in [-0.1, -0.05) is 98.8 Å². The molecule has 0 radical (unpaired) electrons. The van der Waals surface area contributed by atoms with E-state index in [1.165, 1.54) is 35.1 Å². The van der Waals surface area contributed by atoms with Crippen molar-refractivity contribution >= 4 is 24.1 Å². The van der Waals surface area contributed by atoms with Crippen molar-refractivity contribution in [3.8, 4) is 0 Å². The van der Waals surface area contributed by atoms with Crippen LogP contribution in [0.4, 0.5) is 0 Å². The number of aliphatic hydroxyl groups is 3. The summed E-state index contributed by atoms with van der Waals surface area (Å²) in [5.74, 6) is -3.10. The molecule has 0 amide bonds. The summed E-state index contributed by atoms with van der Waals surface area (Å²) in [6.45, 7) is 18.1. The van der Waals surface area contributed by atoms with Gasteiger partial charge in [-0.25, -0.2) is 9.59 Å². The monoisotopic (exact) mass is 947 g/mol. The van der Waals surface area contributed by atoms with Crippen LogP contribution in [-0.2, 0) is 42.6 Å². The largest absolute Gasteiger partial charge is 0.478 e. The molecule has 67 heavy (non-hydrogen) atoms. The van der Waals surface area contributed by atoms with Gasteiger partial charge in [0.15, 0.2) is 11.6 Å². The number of aliphatic hydroxyl groups excluding tert-OH is 3. The van der Waals surface area contributed by atoms with Gasteiger partial charge in [-0.3, -0.25) is 0 Å². The van der Waals surface area contributed by atoms with E-state index in [-0.39, 0.29) is 25.3 Å². The third-order valence-electron chi connectivity index (χ3n) is 10.9. The highest BCUT2D eigenvalue weighted by atomic mass is 16.8. The first kappa shape index (κ1) is 55.5. The molecule has 2 fully saturated rings. The highest BCUT2D eigenvalue weighted by Crippen LogP contribution is 2.34. The van der Waals surface area contributed by atoms with Crippen LogP contribution in [0.2, 0.25) is 0 Å². The summed E-state index contributed by atoms with van der Waals surface area (Å²) in [7, 11) is 5.50. The molecule has 15 nitrogen and oxygen atoms in total. The molecule has 3 heterocycles. The quantitative estimate of drug-likeness (QED) is 0.0803. The van der Waals surface area contributed by atoms with Crippen molar-refractivity contribution in [2.75, 3.05) is 27.8 Å². The first-order valence-corrected chi connectivity index (χ1v) is 21.9. The summed E-state index contributed by atoms with van der Waals surface area (Å²) < 4.78 is 62.2. The number of aromatic carboxylic acids is 1. The lowest BCUT2D eigenvalue weighted by Crippen LogP contribution is -2.35. The second-order valence-corrected chi connectivity index (χ2v) is 17.6. The molecule has 5 rings (SSSR count). The fraction of sp³-hybridized carbons (Fsp3) is 0.577. The summed E-state index contributed by atoms with van der Waals surface area (Å²) in [5.41, 5.74) is 5.74. The van der Waals surface area contributed by atoms with E-state index in [4.69, 9.17) is 45.4 Å². The fourth-order valence-corrected chi connectivity index (χ4v) is 8.12. The number of benzene rings is 2. The van der Waals surface area contributed by atoms with Crippen LogP contribution in [0.3, 0.4) is 0 Å². The number of hydrogen-bond acceptors (Lipinski definition) is 14. The molecule has 2 saturated heterocycles. The van der Waals surface area contributed by atoms with E-state index in [2.05, 4.69) is 0 Å². The molecule has 0 aliphatic carbocycles. The third kappa shape index (κ3) is 17.1. The van der Waals surface area contributed by atoms with E-state index in [9.17, 15) is 30.0 Å². The Labute approximate surface area is 401 Å². The molecule has 2 aromatic rings. The lowest BCUT2D eigenvalue weighted by molar-refractivity contribution is -0.152. The van der Waals surface area contributed by atoms with Crippen LogP contribution in [0.1, 0.15) is 126 Å². The maximum Gasteiger partial charge on any atom is 0.339 e. The Balaban J connectivity index is 0.000000442. The zero-order valence-electron chi connectivity index (χ0n) is 43.8. The highest BCUT2D eigenvalue weighted by molar-refractivity contribution is 5.95. The van der Waals surface area contributed by atoms with Crippen LogP contribution < -0.4 is 0 Å². The second-order valence-electron chi connectivity index (χ2n) is 17.6. The van der Waals surface area contributed by atoms with Crippen LogP contribution >= 0.6 is 0 Å². The van der Waals surface area contributed by atoms with Gasteiger partial charge in [0.05, 0.1) is 29.4 Å². The molecule has 0 aromatic heterocycles. The van der Waals surface area contributed by atoms with Gasteiger partial charge in [-0.05, 0) is 104 Å². The highest BCUT2D eigenvalue weighted by Gasteiger charge is 2.45. The molecule has 376 valence electrons. The van der Waals surface area contributed by atoms with Crippen molar-refractivity contribution in [1.29, 1.82) is 0 Å². The molecule has 3 aliphatic heterocycles. The molecular weight excluding hydrogens is 865 g/mol. The summed E-state index contributed by atoms with van der Waals surface area (Å²) in [4.78, 5) is 24.8. The Kier molecular flexibility index (Phi) is 22.0. The number of hydrogen-bond donors (Lipinski definition) is 4. The van der Waals surface area contributed by atoms with E-state index in [0.29, 0.717) is 29.5 Å². The second kappa shape index (κ2) is 26.6. The number of fused-ring (bicyclic) bond motifs is 2. The van der Waals surface area contributed by atoms with Crippen molar-refractivity contribution in [2.24, 2.45) is 0 Å². The number of carboxylic acids is 1. The number of carboxylic acid groups (broad SMARTS) is 1. The van der Waals surface area contributed by atoms with Crippen LogP contribution in [0.5, 0.6) is 0 Å². The topological polar surface area (TPSA) is 198 Å². The number of ether oxygens (including phenoxy) is 9. The minimum atomic E-state index is -1.01. The summed E-state index contributed by atoms with van der Waals surface area (Å²) >= 11 is 0. The number of rotatable bonds is 14. The molecule has 10 atom stereocenters. The van der Waals surface area contributed by atoms with Crippen LogP contribution in [0.15, 0.2) is 60.7 Å². The first-order valence-electron chi connectivity index (χ1n) is 23.9. The van der Waals surface area contributed by atoms with Gasteiger partial charge in [0, 0.05) is 17.0 Å². The molecule has 15 heteroatoms. The van der Waals surface area contributed by atoms with E-state index in [1.54, 1.807) is 58.9 Å². The van der Waals surface area contributed by atoms with Crippen LogP contribution in [-0.4, -0.2) is 133 Å². The molecule has 2 unspecified atom stereocenters. The van der Waals surface area contributed by atoms with Gasteiger partial charge in [-0.15, -0.1) is 0 Å². The molecule has 3 aliphatic rings. The van der Waals surface area contributed by atoms with Crippen molar-refractivity contribution < 1.29 is 75.4 Å². The molecule has 0 bridgehead atoms. The van der Waals surface area contributed by atoms with Crippen molar-refractivity contribution in [3.05, 3.63) is 105 Å². The van der Waals surface area contributed by atoms with Crippen LogP contribution in [0.25, 0.3) is 12.2 Å². The maximum absolute atomic E-state index is 13.1. The Morgan fingerprint density at radius 1 is 0.910 bits per heavy atom.